The van der Waals surface area contributed by atoms with Gasteiger partial charge in [-0.2, -0.15) is 0 Å². The lowest BCUT2D eigenvalue weighted by Crippen LogP contribution is -2.37. The SMILES string of the molecule is CC(C)=CCCC(C)=CCCC(C)=CCCC1(C)CCc2c(C)c(OC(=O)c3ccc(C(=O)O)cc3C(=O)O)c(C)c(C)c2O1. The maximum Gasteiger partial charge on any atom is 0.344 e. The first-order valence-corrected chi connectivity index (χ1v) is 15.7. The summed E-state index contributed by atoms with van der Waals surface area (Å²) in [6.07, 6.45) is 14.7. The van der Waals surface area contributed by atoms with Crippen molar-refractivity contribution in [1.29, 1.82) is 0 Å². The zero-order valence-electron chi connectivity index (χ0n) is 28.1. The molecule has 3 rings (SSSR count). The van der Waals surface area contributed by atoms with E-state index in [2.05, 4.69) is 52.8 Å². The number of hydrogen-bond acceptors (Lipinski definition) is 5. The lowest BCUT2D eigenvalue weighted by atomic mass is 9.85. The summed E-state index contributed by atoms with van der Waals surface area (Å²) < 4.78 is 12.5. The third-order valence-corrected chi connectivity index (χ3v) is 8.76. The number of aromatic carboxylic acids is 2. The Morgan fingerprint density at radius 1 is 0.844 bits per heavy atom. The van der Waals surface area contributed by atoms with E-state index in [1.807, 2.05) is 20.8 Å². The molecule has 2 N–H and O–H groups in total. The molecule has 1 unspecified atom stereocenters. The maximum absolute atomic E-state index is 13.2. The van der Waals surface area contributed by atoms with Gasteiger partial charge in [-0.15, -0.1) is 0 Å². The van der Waals surface area contributed by atoms with Crippen LogP contribution in [0.5, 0.6) is 11.5 Å². The molecular weight excluding hydrogens is 568 g/mol. The van der Waals surface area contributed by atoms with Crippen molar-refractivity contribution < 1.29 is 34.1 Å². The monoisotopic (exact) mass is 616 g/mol. The van der Waals surface area contributed by atoms with Crippen LogP contribution in [0.4, 0.5) is 0 Å². The summed E-state index contributed by atoms with van der Waals surface area (Å²) in [5.74, 6) is -2.34. The molecule has 0 aliphatic carbocycles. The number of carboxylic acid groups (broad SMARTS) is 2. The quantitative estimate of drug-likeness (QED) is 0.131. The molecule has 45 heavy (non-hydrogen) atoms. The predicted octanol–water partition coefficient (Wildman–Crippen LogP) is 9.51. The average molecular weight is 617 g/mol. The molecule has 2 aromatic rings. The molecule has 7 heteroatoms. The number of hydrogen-bond donors (Lipinski definition) is 2. The smallest absolute Gasteiger partial charge is 0.344 e. The van der Waals surface area contributed by atoms with Crippen molar-refractivity contribution in [2.45, 2.75) is 112 Å². The standard InChI is InChI=1S/C38H48O7/c1-23(2)12-9-13-24(3)14-10-15-25(4)16-11-20-38(8)21-19-30-28(7)33(26(5)27(6)34(30)45-38)44-37(43)31-18-17-29(35(39)40)22-32(31)36(41)42/h12,14,16-18,22H,9-11,13,15,19-21H2,1-8H3,(H,39,40)(H,41,42). The van der Waals surface area contributed by atoms with Gasteiger partial charge >= 0.3 is 17.9 Å². The van der Waals surface area contributed by atoms with E-state index in [0.717, 1.165) is 85.4 Å². The number of carbonyl (C=O) groups excluding carboxylic acids is 1. The molecule has 0 aromatic heterocycles. The minimum absolute atomic E-state index is 0.209. The van der Waals surface area contributed by atoms with Gasteiger partial charge in [-0.25, -0.2) is 14.4 Å². The summed E-state index contributed by atoms with van der Waals surface area (Å²) in [5, 5.41) is 18.8. The van der Waals surface area contributed by atoms with Gasteiger partial charge in [-0.3, -0.25) is 0 Å². The number of allylic oxidation sites excluding steroid dienone is 6. The van der Waals surface area contributed by atoms with Crippen LogP contribution in [0.1, 0.15) is 133 Å². The normalized spacial score (nSPS) is 16.4. The Kier molecular flexibility index (Phi) is 12.0. The fourth-order valence-corrected chi connectivity index (χ4v) is 5.75. The van der Waals surface area contributed by atoms with Crippen LogP contribution in [0.15, 0.2) is 53.1 Å². The Morgan fingerprint density at radius 3 is 2.07 bits per heavy atom. The van der Waals surface area contributed by atoms with Crippen molar-refractivity contribution in [2.24, 2.45) is 0 Å². The molecule has 242 valence electrons. The van der Waals surface area contributed by atoms with Crippen molar-refractivity contribution in [3.63, 3.8) is 0 Å². The largest absolute Gasteiger partial charge is 0.487 e. The van der Waals surface area contributed by atoms with Crippen LogP contribution in [0.25, 0.3) is 0 Å². The summed E-state index contributed by atoms with van der Waals surface area (Å²) in [5.41, 5.74) is 6.41. The maximum atomic E-state index is 13.2. The van der Waals surface area contributed by atoms with Gasteiger partial charge in [0, 0.05) is 5.56 Å². The number of benzene rings is 2. The Labute approximate surface area is 267 Å². The van der Waals surface area contributed by atoms with Gasteiger partial charge in [0.2, 0.25) is 0 Å². The van der Waals surface area contributed by atoms with Crippen molar-refractivity contribution in [1.82, 2.24) is 0 Å². The lowest BCUT2D eigenvalue weighted by molar-refractivity contribution is 0.0554. The molecule has 0 saturated carbocycles. The third-order valence-electron chi connectivity index (χ3n) is 8.76. The molecule has 1 aliphatic heterocycles. The molecule has 0 saturated heterocycles. The highest BCUT2D eigenvalue weighted by Crippen LogP contribution is 2.45. The Morgan fingerprint density at radius 2 is 1.47 bits per heavy atom. The molecule has 0 fully saturated rings. The molecule has 1 aliphatic rings. The van der Waals surface area contributed by atoms with Crippen LogP contribution in [-0.2, 0) is 6.42 Å². The number of esters is 1. The molecule has 0 amide bonds. The minimum Gasteiger partial charge on any atom is -0.487 e. The molecule has 7 nitrogen and oxygen atoms in total. The topological polar surface area (TPSA) is 110 Å². The molecule has 0 radical (unpaired) electrons. The van der Waals surface area contributed by atoms with E-state index in [1.165, 1.54) is 28.9 Å². The van der Waals surface area contributed by atoms with Gasteiger partial charge in [-0.1, -0.05) is 34.9 Å². The van der Waals surface area contributed by atoms with Crippen molar-refractivity contribution in [2.75, 3.05) is 0 Å². The van der Waals surface area contributed by atoms with Crippen molar-refractivity contribution in [3.8, 4) is 11.5 Å². The fourth-order valence-electron chi connectivity index (χ4n) is 5.75. The summed E-state index contributed by atoms with van der Waals surface area (Å²) in [4.78, 5) is 36.3. The first kappa shape index (κ1) is 35.4. The first-order valence-electron chi connectivity index (χ1n) is 15.7. The van der Waals surface area contributed by atoms with Crippen LogP contribution >= 0.6 is 0 Å². The second-order valence-electron chi connectivity index (χ2n) is 12.8. The lowest BCUT2D eigenvalue weighted by Gasteiger charge is -2.38. The molecule has 1 heterocycles. The molecule has 2 aromatic carbocycles. The molecular formula is C38H48O7. The van der Waals surface area contributed by atoms with Gasteiger partial charge in [-0.05, 0) is 142 Å². The van der Waals surface area contributed by atoms with E-state index in [0.29, 0.717) is 5.75 Å². The van der Waals surface area contributed by atoms with E-state index in [9.17, 15) is 24.6 Å². The second-order valence-corrected chi connectivity index (χ2v) is 12.8. The highest BCUT2D eigenvalue weighted by Gasteiger charge is 2.35. The van der Waals surface area contributed by atoms with Gasteiger partial charge in [0.25, 0.3) is 0 Å². The van der Waals surface area contributed by atoms with Gasteiger partial charge in [0.05, 0.1) is 16.7 Å². The number of rotatable bonds is 13. The molecule has 0 spiro atoms. The first-order chi connectivity index (χ1) is 21.1. The van der Waals surface area contributed by atoms with E-state index in [1.54, 1.807) is 0 Å². The van der Waals surface area contributed by atoms with Crippen LogP contribution in [-0.4, -0.2) is 33.7 Å². The summed E-state index contributed by atoms with van der Waals surface area (Å²) in [6.45, 7) is 16.5. The number of carbonyl (C=O) groups is 3. The average Bonchev–Trinajstić information content (AvgIpc) is 2.97. The highest BCUT2D eigenvalue weighted by molar-refractivity contribution is 6.05. The highest BCUT2D eigenvalue weighted by atomic mass is 16.5. The number of ether oxygens (including phenoxy) is 2. The summed E-state index contributed by atoms with van der Waals surface area (Å²) >= 11 is 0. The molecule has 0 bridgehead atoms. The van der Waals surface area contributed by atoms with E-state index in [4.69, 9.17) is 9.47 Å². The van der Waals surface area contributed by atoms with Crippen LogP contribution in [0, 0.1) is 20.8 Å². The second kappa shape index (κ2) is 15.2. The van der Waals surface area contributed by atoms with E-state index >= 15 is 0 Å². The molecule has 1 atom stereocenters. The Hall–Kier alpha value is -4.13. The van der Waals surface area contributed by atoms with Crippen molar-refractivity contribution in [3.05, 3.63) is 92.1 Å². The summed E-state index contributed by atoms with van der Waals surface area (Å²) in [7, 11) is 0. The van der Waals surface area contributed by atoms with Crippen LogP contribution in [0.3, 0.4) is 0 Å². The number of carboxylic acids is 2. The van der Waals surface area contributed by atoms with Crippen LogP contribution < -0.4 is 9.47 Å². The minimum atomic E-state index is -1.41. The van der Waals surface area contributed by atoms with E-state index < -0.39 is 23.5 Å². The predicted molar refractivity (Wildman–Crippen MR) is 178 cm³/mol. The van der Waals surface area contributed by atoms with Gasteiger partial charge in [0.1, 0.15) is 17.1 Å². The Bertz CT molecular complexity index is 1550. The number of fused-ring (bicyclic) bond motifs is 1. The summed E-state index contributed by atoms with van der Waals surface area (Å²) in [6, 6.07) is 3.35. The van der Waals surface area contributed by atoms with Crippen molar-refractivity contribution >= 4 is 17.9 Å². The fraction of sp³-hybridized carbons (Fsp3) is 0.447. The van der Waals surface area contributed by atoms with Crippen LogP contribution in [0.2, 0.25) is 0 Å². The zero-order valence-corrected chi connectivity index (χ0v) is 28.1. The zero-order chi connectivity index (χ0) is 33.5. The van der Waals surface area contributed by atoms with Gasteiger partial charge < -0.3 is 19.7 Å². The van der Waals surface area contributed by atoms with Gasteiger partial charge in [0.15, 0.2) is 0 Å². The third kappa shape index (κ3) is 9.19. The Balaban J connectivity index is 1.69. The van der Waals surface area contributed by atoms with E-state index in [-0.39, 0.29) is 16.7 Å².